The van der Waals surface area contributed by atoms with Gasteiger partial charge in [0.15, 0.2) is 0 Å². The minimum Gasteiger partial charge on any atom is -0.351 e. The van der Waals surface area contributed by atoms with Gasteiger partial charge in [0.05, 0.1) is 17.4 Å². The fourth-order valence-corrected chi connectivity index (χ4v) is 2.13. The van der Waals surface area contributed by atoms with Crippen LogP contribution in [0.2, 0.25) is 0 Å². The standard InChI is InChI=1S/C14H17BrN4O.ClH/c1-2-16-6-7-17-14(20)11-9-18-19(10-11)13-5-3-4-12(15)8-13;/h3-5,8-10,16H,2,6-7H2,1H3,(H,17,20);1H. The van der Waals surface area contributed by atoms with E-state index in [-0.39, 0.29) is 18.3 Å². The summed E-state index contributed by atoms with van der Waals surface area (Å²) in [5, 5.41) is 10.2. The van der Waals surface area contributed by atoms with E-state index in [0.29, 0.717) is 12.1 Å². The van der Waals surface area contributed by atoms with E-state index in [1.807, 2.05) is 31.2 Å². The van der Waals surface area contributed by atoms with E-state index < -0.39 is 0 Å². The number of likely N-dealkylation sites (N-methyl/N-ethyl adjacent to an activating group) is 1. The zero-order valence-electron chi connectivity index (χ0n) is 11.7. The number of hydrogen-bond donors (Lipinski definition) is 2. The molecule has 5 nitrogen and oxygen atoms in total. The van der Waals surface area contributed by atoms with Crippen LogP contribution in [0, 0.1) is 0 Å². The molecule has 0 spiro atoms. The van der Waals surface area contributed by atoms with Crippen molar-refractivity contribution in [3.05, 3.63) is 46.7 Å². The van der Waals surface area contributed by atoms with Crippen LogP contribution in [0.4, 0.5) is 0 Å². The van der Waals surface area contributed by atoms with Crippen LogP contribution in [0.3, 0.4) is 0 Å². The lowest BCUT2D eigenvalue weighted by Crippen LogP contribution is -2.31. The van der Waals surface area contributed by atoms with Crippen molar-refractivity contribution in [3.63, 3.8) is 0 Å². The van der Waals surface area contributed by atoms with Gasteiger partial charge in [-0.1, -0.05) is 28.9 Å². The summed E-state index contributed by atoms with van der Waals surface area (Å²) in [6.07, 6.45) is 3.30. The Labute approximate surface area is 138 Å². The molecule has 0 aliphatic carbocycles. The molecule has 0 bridgehead atoms. The molecule has 0 saturated carbocycles. The Morgan fingerprint density at radius 2 is 2.19 bits per heavy atom. The van der Waals surface area contributed by atoms with Crippen molar-refractivity contribution >= 4 is 34.2 Å². The summed E-state index contributed by atoms with van der Waals surface area (Å²) in [5.41, 5.74) is 1.47. The molecule has 2 rings (SSSR count). The number of carbonyl (C=O) groups is 1. The molecule has 2 aromatic rings. The molecule has 1 aromatic heterocycles. The van der Waals surface area contributed by atoms with Crippen LogP contribution in [-0.4, -0.2) is 35.3 Å². The number of halogens is 2. The first kappa shape index (κ1) is 17.7. The van der Waals surface area contributed by atoms with Crippen molar-refractivity contribution in [2.45, 2.75) is 6.92 Å². The van der Waals surface area contributed by atoms with E-state index in [2.05, 4.69) is 31.7 Å². The average Bonchev–Trinajstić information content (AvgIpc) is 2.93. The van der Waals surface area contributed by atoms with Gasteiger partial charge in [-0.3, -0.25) is 4.79 Å². The summed E-state index contributed by atoms with van der Waals surface area (Å²) in [4.78, 5) is 11.9. The second kappa shape index (κ2) is 8.81. The van der Waals surface area contributed by atoms with Crippen LogP contribution in [0.5, 0.6) is 0 Å². The maximum absolute atomic E-state index is 11.9. The number of nitrogens with one attached hydrogen (secondary N) is 2. The maximum atomic E-state index is 11.9. The maximum Gasteiger partial charge on any atom is 0.254 e. The van der Waals surface area contributed by atoms with Crippen LogP contribution in [-0.2, 0) is 0 Å². The van der Waals surface area contributed by atoms with E-state index in [4.69, 9.17) is 0 Å². The Morgan fingerprint density at radius 1 is 1.38 bits per heavy atom. The third-order valence-electron chi connectivity index (χ3n) is 2.75. The van der Waals surface area contributed by atoms with Gasteiger partial charge in [-0.25, -0.2) is 4.68 Å². The summed E-state index contributed by atoms with van der Waals surface area (Å²) < 4.78 is 2.66. The summed E-state index contributed by atoms with van der Waals surface area (Å²) in [6.45, 7) is 4.30. The van der Waals surface area contributed by atoms with E-state index in [1.54, 1.807) is 17.1 Å². The van der Waals surface area contributed by atoms with Gasteiger partial charge in [0.2, 0.25) is 0 Å². The molecule has 1 amide bonds. The summed E-state index contributed by atoms with van der Waals surface area (Å²) in [5.74, 6) is -0.107. The molecule has 0 unspecified atom stereocenters. The zero-order valence-corrected chi connectivity index (χ0v) is 14.1. The molecule has 21 heavy (non-hydrogen) atoms. The summed E-state index contributed by atoms with van der Waals surface area (Å²) >= 11 is 3.42. The fourth-order valence-electron chi connectivity index (χ4n) is 1.74. The Balaban J connectivity index is 0.00000220. The van der Waals surface area contributed by atoms with Crippen molar-refractivity contribution in [2.75, 3.05) is 19.6 Å². The monoisotopic (exact) mass is 372 g/mol. The Hall–Kier alpha value is -1.37. The molecule has 0 saturated heterocycles. The topological polar surface area (TPSA) is 58.9 Å². The van der Waals surface area contributed by atoms with Crippen molar-refractivity contribution < 1.29 is 4.79 Å². The van der Waals surface area contributed by atoms with Crippen molar-refractivity contribution in [1.29, 1.82) is 0 Å². The van der Waals surface area contributed by atoms with Crippen molar-refractivity contribution in [2.24, 2.45) is 0 Å². The first-order chi connectivity index (χ1) is 9.70. The number of hydrogen-bond acceptors (Lipinski definition) is 3. The van der Waals surface area contributed by atoms with E-state index >= 15 is 0 Å². The molecule has 0 aliphatic rings. The summed E-state index contributed by atoms with van der Waals surface area (Å²) in [6, 6.07) is 7.75. The normalized spacial score (nSPS) is 10.0. The largest absolute Gasteiger partial charge is 0.351 e. The number of benzene rings is 1. The van der Waals surface area contributed by atoms with Crippen LogP contribution in [0.25, 0.3) is 5.69 Å². The third kappa shape index (κ3) is 5.15. The van der Waals surface area contributed by atoms with Gasteiger partial charge < -0.3 is 10.6 Å². The SMILES string of the molecule is CCNCCNC(=O)c1cnn(-c2cccc(Br)c2)c1.Cl. The van der Waals surface area contributed by atoms with Gasteiger partial charge in [0.1, 0.15) is 0 Å². The van der Waals surface area contributed by atoms with Gasteiger partial charge in [0, 0.05) is 23.8 Å². The number of rotatable bonds is 6. The van der Waals surface area contributed by atoms with Crippen molar-refractivity contribution in [1.82, 2.24) is 20.4 Å². The highest BCUT2D eigenvalue weighted by atomic mass is 79.9. The van der Waals surface area contributed by atoms with Crippen molar-refractivity contribution in [3.8, 4) is 5.69 Å². The fraction of sp³-hybridized carbons (Fsp3) is 0.286. The Bertz CT molecular complexity index is 588. The lowest BCUT2D eigenvalue weighted by molar-refractivity contribution is 0.0954. The first-order valence-electron chi connectivity index (χ1n) is 6.50. The lowest BCUT2D eigenvalue weighted by Gasteiger charge is -2.03. The van der Waals surface area contributed by atoms with Gasteiger partial charge in [-0.2, -0.15) is 5.10 Å². The Morgan fingerprint density at radius 3 is 2.90 bits per heavy atom. The highest BCUT2D eigenvalue weighted by Gasteiger charge is 2.08. The molecular weight excluding hydrogens is 356 g/mol. The number of aromatic nitrogens is 2. The predicted octanol–water partition coefficient (Wildman–Crippen LogP) is 2.40. The zero-order chi connectivity index (χ0) is 14.4. The Kier molecular flexibility index (Phi) is 7.42. The van der Waals surface area contributed by atoms with Gasteiger partial charge in [-0.05, 0) is 24.7 Å². The molecule has 1 heterocycles. The second-order valence-corrected chi connectivity index (χ2v) is 5.18. The van der Waals surface area contributed by atoms with Crippen LogP contribution >= 0.6 is 28.3 Å². The second-order valence-electron chi connectivity index (χ2n) is 4.26. The van der Waals surface area contributed by atoms with Gasteiger partial charge in [-0.15, -0.1) is 12.4 Å². The minimum atomic E-state index is -0.107. The highest BCUT2D eigenvalue weighted by molar-refractivity contribution is 9.10. The summed E-state index contributed by atoms with van der Waals surface area (Å²) in [7, 11) is 0. The van der Waals surface area contributed by atoms with Gasteiger partial charge in [0.25, 0.3) is 5.91 Å². The third-order valence-corrected chi connectivity index (χ3v) is 3.25. The minimum absolute atomic E-state index is 0. The molecule has 7 heteroatoms. The first-order valence-corrected chi connectivity index (χ1v) is 7.29. The number of amides is 1. The quantitative estimate of drug-likeness (QED) is 0.765. The molecule has 0 fully saturated rings. The smallest absolute Gasteiger partial charge is 0.254 e. The van der Waals surface area contributed by atoms with Crippen LogP contribution in [0.15, 0.2) is 41.1 Å². The molecule has 114 valence electrons. The lowest BCUT2D eigenvalue weighted by atomic mass is 10.3. The molecule has 0 radical (unpaired) electrons. The molecule has 0 atom stereocenters. The number of nitrogens with zero attached hydrogens (tertiary/aromatic N) is 2. The average molecular weight is 374 g/mol. The van der Waals surface area contributed by atoms with E-state index in [0.717, 1.165) is 23.2 Å². The predicted molar refractivity (Wildman–Crippen MR) is 89.4 cm³/mol. The van der Waals surface area contributed by atoms with Crippen LogP contribution < -0.4 is 10.6 Å². The molecule has 0 aliphatic heterocycles. The molecular formula is C14H18BrClN4O. The number of carbonyl (C=O) groups excluding carboxylic acids is 1. The molecule has 2 N–H and O–H groups in total. The van der Waals surface area contributed by atoms with E-state index in [1.165, 1.54) is 0 Å². The molecule has 1 aromatic carbocycles. The van der Waals surface area contributed by atoms with Crippen LogP contribution in [0.1, 0.15) is 17.3 Å². The van der Waals surface area contributed by atoms with Gasteiger partial charge >= 0.3 is 0 Å². The highest BCUT2D eigenvalue weighted by Crippen LogP contribution is 2.15. The van der Waals surface area contributed by atoms with E-state index in [9.17, 15) is 4.79 Å².